The van der Waals surface area contributed by atoms with Crippen molar-refractivity contribution < 1.29 is 14.7 Å². The molecular weight excluding hydrogens is 264 g/mol. The van der Waals surface area contributed by atoms with Crippen molar-refractivity contribution in [1.29, 1.82) is 0 Å². The lowest BCUT2D eigenvalue weighted by Gasteiger charge is -2.25. The molecule has 1 atom stereocenters. The zero-order valence-electron chi connectivity index (χ0n) is 9.71. The van der Waals surface area contributed by atoms with E-state index in [9.17, 15) is 14.7 Å². The number of phenols is 1. The number of thiophene rings is 1. The summed E-state index contributed by atoms with van der Waals surface area (Å²) in [4.78, 5) is 24.5. The van der Waals surface area contributed by atoms with Crippen molar-refractivity contribution in [2.75, 3.05) is 0 Å². The zero-order valence-corrected chi connectivity index (χ0v) is 10.5. The highest BCUT2D eigenvalue weighted by molar-refractivity contribution is 7.10. The van der Waals surface area contributed by atoms with Gasteiger partial charge in [0, 0.05) is 4.88 Å². The Hall–Kier alpha value is -2.34. The van der Waals surface area contributed by atoms with Gasteiger partial charge in [-0.25, -0.2) is 4.79 Å². The first-order chi connectivity index (χ1) is 9.13. The molecule has 0 spiro atoms. The van der Waals surface area contributed by atoms with Gasteiger partial charge in [0.05, 0.1) is 0 Å². The molecule has 2 aromatic rings. The SMILES string of the molecule is O=C1NC(=O)C(c2ccc(O)cc2)(c2cccs2)N1. The lowest BCUT2D eigenvalue weighted by atomic mass is 9.88. The van der Waals surface area contributed by atoms with Gasteiger partial charge in [0.25, 0.3) is 5.91 Å². The van der Waals surface area contributed by atoms with Crippen LogP contribution in [0.25, 0.3) is 0 Å². The molecule has 1 fully saturated rings. The number of rotatable bonds is 2. The van der Waals surface area contributed by atoms with Gasteiger partial charge < -0.3 is 10.4 Å². The Morgan fingerprint density at radius 2 is 1.84 bits per heavy atom. The lowest BCUT2D eigenvalue weighted by molar-refractivity contribution is -0.122. The van der Waals surface area contributed by atoms with Gasteiger partial charge in [-0.1, -0.05) is 18.2 Å². The molecule has 3 rings (SSSR count). The number of amides is 3. The molecule has 96 valence electrons. The molecule has 3 N–H and O–H groups in total. The van der Waals surface area contributed by atoms with Crippen molar-refractivity contribution in [3.05, 3.63) is 52.2 Å². The predicted octanol–water partition coefficient (Wildman–Crippen LogP) is 1.54. The summed E-state index contributed by atoms with van der Waals surface area (Å²) in [7, 11) is 0. The highest BCUT2D eigenvalue weighted by atomic mass is 32.1. The quantitative estimate of drug-likeness (QED) is 0.727. The number of aromatic hydroxyl groups is 1. The van der Waals surface area contributed by atoms with Crippen molar-refractivity contribution in [3.63, 3.8) is 0 Å². The maximum absolute atomic E-state index is 12.2. The number of nitrogens with one attached hydrogen (secondary N) is 2. The van der Waals surface area contributed by atoms with E-state index in [1.807, 2.05) is 11.4 Å². The molecule has 3 amide bonds. The fraction of sp³-hybridized carbons (Fsp3) is 0.0769. The molecule has 0 bridgehead atoms. The van der Waals surface area contributed by atoms with Crippen LogP contribution in [0.2, 0.25) is 0 Å². The van der Waals surface area contributed by atoms with Crippen molar-refractivity contribution in [2.24, 2.45) is 0 Å². The van der Waals surface area contributed by atoms with Crippen molar-refractivity contribution in [3.8, 4) is 5.75 Å². The van der Waals surface area contributed by atoms with Crippen LogP contribution in [0, 0.1) is 0 Å². The Balaban J connectivity index is 2.20. The summed E-state index contributed by atoms with van der Waals surface area (Å²) in [6.45, 7) is 0. The molecule has 1 saturated heterocycles. The summed E-state index contributed by atoms with van der Waals surface area (Å²) in [6.07, 6.45) is 0. The molecule has 5 nitrogen and oxygen atoms in total. The van der Waals surface area contributed by atoms with E-state index >= 15 is 0 Å². The number of hydrogen-bond donors (Lipinski definition) is 3. The topological polar surface area (TPSA) is 78.4 Å². The first kappa shape index (κ1) is 11.7. The number of phenolic OH excluding ortho intramolecular Hbond substituents is 1. The van der Waals surface area contributed by atoms with Gasteiger partial charge in [0.1, 0.15) is 5.75 Å². The minimum absolute atomic E-state index is 0.106. The molecule has 0 saturated carbocycles. The van der Waals surface area contributed by atoms with E-state index in [4.69, 9.17) is 0 Å². The summed E-state index contributed by atoms with van der Waals surface area (Å²) in [5, 5.41) is 16.1. The van der Waals surface area contributed by atoms with E-state index < -0.39 is 17.5 Å². The summed E-state index contributed by atoms with van der Waals surface area (Å²) >= 11 is 1.39. The fourth-order valence-electron chi connectivity index (χ4n) is 2.18. The maximum atomic E-state index is 12.2. The Morgan fingerprint density at radius 1 is 1.11 bits per heavy atom. The third kappa shape index (κ3) is 1.68. The zero-order chi connectivity index (χ0) is 13.5. The summed E-state index contributed by atoms with van der Waals surface area (Å²) < 4.78 is 0. The van der Waals surface area contributed by atoms with E-state index in [1.54, 1.807) is 18.2 Å². The second kappa shape index (κ2) is 4.10. The standard InChI is InChI=1S/C13H10N2O3S/c16-9-5-3-8(4-6-9)13(10-2-1-7-19-10)11(17)14-12(18)15-13/h1-7,16H,(H2,14,15,17,18). The Kier molecular flexibility index (Phi) is 2.53. The molecule has 1 unspecified atom stereocenters. The minimum Gasteiger partial charge on any atom is -0.508 e. The molecule has 1 aliphatic rings. The van der Waals surface area contributed by atoms with Gasteiger partial charge in [-0.15, -0.1) is 11.3 Å². The maximum Gasteiger partial charge on any atom is 0.322 e. The van der Waals surface area contributed by atoms with Crippen LogP contribution < -0.4 is 10.6 Å². The van der Waals surface area contributed by atoms with Gasteiger partial charge in [-0.3, -0.25) is 10.1 Å². The van der Waals surface area contributed by atoms with Gasteiger partial charge in [0.15, 0.2) is 5.54 Å². The Morgan fingerprint density at radius 3 is 2.37 bits per heavy atom. The first-order valence-electron chi connectivity index (χ1n) is 5.60. The summed E-state index contributed by atoms with van der Waals surface area (Å²) in [6, 6.07) is 9.32. The molecular formula is C13H10N2O3S. The number of benzene rings is 1. The molecule has 0 radical (unpaired) electrons. The smallest absolute Gasteiger partial charge is 0.322 e. The molecule has 1 aromatic heterocycles. The largest absolute Gasteiger partial charge is 0.508 e. The summed E-state index contributed by atoms with van der Waals surface area (Å²) in [5.41, 5.74) is -0.602. The van der Waals surface area contributed by atoms with Crippen LogP contribution in [-0.2, 0) is 10.3 Å². The van der Waals surface area contributed by atoms with Crippen LogP contribution in [0.3, 0.4) is 0 Å². The summed E-state index contributed by atoms with van der Waals surface area (Å²) in [5.74, 6) is -0.305. The second-order valence-corrected chi connectivity index (χ2v) is 5.13. The fourth-order valence-corrected chi connectivity index (χ4v) is 3.08. The third-order valence-corrected chi connectivity index (χ3v) is 4.05. The van der Waals surface area contributed by atoms with Crippen molar-refractivity contribution in [1.82, 2.24) is 10.6 Å². The first-order valence-corrected chi connectivity index (χ1v) is 6.48. The van der Waals surface area contributed by atoms with E-state index in [0.29, 0.717) is 5.56 Å². The van der Waals surface area contributed by atoms with Crippen molar-refractivity contribution >= 4 is 23.3 Å². The van der Waals surface area contributed by atoms with Crippen LogP contribution in [0.5, 0.6) is 5.75 Å². The normalized spacial score (nSPS) is 22.1. The number of carbonyl (C=O) groups excluding carboxylic acids is 2. The predicted molar refractivity (Wildman–Crippen MR) is 69.9 cm³/mol. The minimum atomic E-state index is -1.21. The van der Waals surface area contributed by atoms with Crippen LogP contribution in [-0.4, -0.2) is 17.0 Å². The molecule has 2 heterocycles. The number of urea groups is 1. The Bertz CT molecular complexity index is 636. The van der Waals surface area contributed by atoms with Gasteiger partial charge >= 0.3 is 6.03 Å². The molecule has 1 aliphatic heterocycles. The highest BCUT2D eigenvalue weighted by Gasteiger charge is 2.49. The average Bonchev–Trinajstić information content (AvgIpc) is 2.99. The molecule has 19 heavy (non-hydrogen) atoms. The van der Waals surface area contributed by atoms with E-state index in [2.05, 4.69) is 10.6 Å². The number of hydrogen-bond acceptors (Lipinski definition) is 4. The molecule has 0 aliphatic carbocycles. The highest BCUT2D eigenvalue weighted by Crippen LogP contribution is 2.36. The second-order valence-electron chi connectivity index (χ2n) is 4.18. The lowest BCUT2D eigenvalue weighted by Crippen LogP contribution is -2.44. The average molecular weight is 274 g/mol. The van der Waals surface area contributed by atoms with E-state index in [1.165, 1.54) is 23.5 Å². The van der Waals surface area contributed by atoms with Crippen LogP contribution in [0.4, 0.5) is 4.79 Å². The third-order valence-electron chi connectivity index (χ3n) is 3.06. The Labute approximate surface area is 112 Å². The van der Waals surface area contributed by atoms with Gasteiger partial charge in [-0.05, 0) is 29.1 Å². The van der Waals surface area contributed by atoms with Crippen LogP contribution in [0.15, 0.2) is 41.8 Å². The number of carbonyl (C=O) groups is 2. The monoisotopic (exact) mass is 274 g/mol. The van der Waals surface area contributed by atoms with Crippen LogP contribution in [0.1, 0.15) is 10.4 Å². The number of imide groups is 1. The van der Waals surface area contributed by atoms with Gasteiger partial charge in [0.2, 0.25) is 0 Å². The van der Waals surface area contributed by atoms with E-state index in [0.717, 1.165) is 4.88 Å². The molecule has 1 aromatic carbocycles. The van der Waals surface area contributed by atoms with E-state index in [-0.39, 0.29) is 5.75 Å². The van der Waals surface area contributed by atoms with Crippen LogP contribution >= 0.6 is 11.3 Å². The van der Waals surface area contributed by atoms with Gasteiger partial charge in [-0.2, -0.15) is 0 Å². The molecule has 6 heteroatoms. The van der Waals surface area contributed by atoms with Crippen molar-refractivity contribution in [2.45, 2.75) is 5.54 Å².